The highest BCUT2D eigenvalue weighted by molar-refractivity contribution is 7.98. The van der Waals surface area contributed by atoms with E-state index in [9.17, 15) is 18.4 Å². The quantitative estimate of drug-likeness (QED) is 0.517. The zero-order valence-electron chi connectivity index (χ0n) is 14.5. The largest absolute Gasteiger partial charge is 0.310 e. The summed E-state index contributed by atoms with van der Waals surface area (Å²) >= 11 is 1.32. The van der Waals surface area contributed by atoms with Gasteiger partial charge in [-0.1, -0.05) is 48.2 Å². The zero-order valence-corrected chi connectivity index (χ0v) is 15.4. The lowest BCUT2D eigenvalue weighted by atomic mass is 9.86. The predicted octanol–water partition coefficient (Wildman–Crippen LogP) is 3.81. The number of hydrogen-bond donors (Lipinski definition) is 2. The van der Waals surface area contributed by atoms with Gasteiger partial charge in [0.2, 0.25) is 5.91 Å². The summed E-state index contributed by atoms with van der Waals surface area (Å²) in [5.41, 5.74) is 0.876. The summed E-state index contributed by atoms with van der Waals surface area (Å²) in [6, 6.07) is 12.8. The van der Waals surface area contributed by atoms with Crippen LogP contribution in [0.4, 0.5) is 14.6 Å². The normalized spacial score (nSPS) is 15.8. The second-order valence-corrected chi connectivity index (χ2v) is 7.34. The number of rotatable bonds is 4. The lowest BCUT2D eigenvalue weighted by molar-refractivity contribution is -0.116. The van der Waals surface area contributed by atoms with Crippen molar-refractivity contribution >= 4 is 23.5 Å². The van der Waals surface area contributed by atoms with Crippen LogP contribution in [0.25, 0.3) is 0 Å². The zero-order chi connectivity index (χ0) is 19.7. The third-order valence-electron chi connectivity index (χ3n) is 4.49. The fourth-order valence-electron chi connectivity index (χ4n) is 3.19. The van der Waals surface area contributed by atoms with Gasteiger partial charge in [-0.05, 0) is 17.2 Å². The van der Waals surface area contributed by atoms with E-state index in [1.807, 2.05) is 30.3 Å². The number of nitrogens with zero attached hydrogens (tertiary/aromatic N) is 1. The molecule has 5 nitrogen and oxygen atoms in total. The van der Waals surface area contributed by atoms with Crippen LogP contribution in [0.2, 0.25) is 0 Å². The molecule has 28 heavy (non-hydrogen) atoms. The molecule has 1 aliphatic heterocycles. The molecule has 1 atom stereocenters. The minimum Gasteiger partial charge on any atom is -0.310 e. The van der Waals surface area contributed by atoms with Crippen molar-refractivity contribution in [1.82, 2.24) is 9.97 Å². The number of aromatic nitrogens is 2. The van der Waals surface area contributed by atoms with Crippen LogP contribution in [-0.4, -0.2) is 15.9 Å². The number of halogens is 2. The molecule has 0 radical (unpaired) electrons. The summed E-state index contributed by atoms with van der Waals surface area (Å²) in [7, 11) is 0. The molecule has 0 fully saturated rings. The van der Waals surface area contributed by atoms with Crippen molar-refractivity contribution in [2.45, 2.75) is 23.2 Å². The molecule has 0 aliphatic carbocycles. The number of hydrogen-bond acceptors (Lipinski definition) is 4. The molecule has 0 saturated heterocycles. The summed E-state index contributed by atoms with van der Waals surface area (Å²) in [6.07, 6.45) is -0.114. The van der Waals surface area contributed by atoms with Gasteiger partial charge in [0.25, 0.3) is 5.56 Å². The Balaban J connectivity index is 1.69. The maximum Gasteiger partial charge on any atom is 0.257 e. The number of carbonyl (C=O) groups excluding carboxylic acids is 1. The first kappa shape index (κ1) is 18.4. The molecule has 0 saturated carbocycles. The summed E-state index contributed by atoms with van der Waals surface area (Å²) in [5, 5.41) is 2.94. The van der Waals surface area contributed by atoms with Gasteiger partial charge in [0, 0.05) is 24.2 Å². The SMILES string of the molecule is O=C1CC(c2ccc(F)cc2F)c2c(nc(SCc3ccccc3)[nH]c2=O)N1. The van der Waals surface area contributed by atoms with E-state index in [4.69, 9.17) is 0 Å². The van der Waals surface area contributed by atoms with Crippen LogP contribution in [0.15, 0.2) is 58.5 Å². The van der Waals surface area contributed by atoms with Crippen molar-refractivity contribution in [3.8, 4) is 0 Å². The van der Waals surface area contributed by atoms with E-state index in [2.05, 4.69) is 15.3 Å². The van der Waals surface area contributed by atoms with Crippen molar-refractivity contribution < 1.29 is 13.6 Å². The predicted molar refractivity (Wildman–Crippen MR) is 102 cm³/mol. The molecule has 0 spiro atoms. The fourth-order valence-corrected chi connectivity index (χ4v) is 4.01. The van der Waals surface area contributed by atoms with E-state index in [0.29, 0.717) is 10.9 Å². The highest BCUT2D eigenvalue weighted by Crippen LogP contribution is 2.36. The smallest absolute Gasteiger partial charge is 0.257 e. The van der Waals surface area contributed by atoms with Crippen molar-refractivity contribution in [2.75, 3.05) is 5.32 Å². The Hall–Kier alpha value is -3.00. The topological polar surface area (TPSA) is 74.8 Å². The molecular formula is C20H15F2N3O2S. The summed E-state index contributed by atoms with van der Waals surface area (Å²) in [6.45, 7) is 0. The molecule has 142 valence electrons. The van der Waals surface area contributed by atoms with E-state index < -0.39 is 23.1 Å². The first-order valence-electron chi connectivity index (χ1n) is 8.57. The van der Waals surface area contributed by atoms with Crippen LogP contribution in [0, 0.1) is 11.6 Å². The third-order valence-corrected chi connectivity index (χ3v) is 5.43. The Morgan fingerprint density at radius 2 is 1.89 bits per heavy atom. The maximum atomic E-state index is 14.3. The van der Waals surface area contributed by atoms with Crippen LogP contribution in [-0.2, 0) is 10.5 Å². The average molecular weight is 399 g/mol. The molecule has 2 heterocycles. The van der Waals surface area contributed by atoms with Crippen molar-refractivity contribution in [3.63, 3.8) is 0 Å². The number of aromatic amines is 1. The molecule has 8 heteroatoms. The molecular weight excluding hydrogens is 384 g/mol. The summed E-state index contributed by atoms with van der Waals surface area (Å²) < 4.78 is 27.5. The van der Waals surface area contributed by atoms with Crippen LogP contribution in [0.3, 0.4) is 0 Å². The Morgan fingerprint density at radius 3 is 2.64 bits per heavy atom. The third kappa shape index (κ3) is 3.68. The average Bonchev–Trinajstić information content (AvgIpc) is 2.66. The first-order chi connectivity index (χ1) is 13.5. The van der Waals surface area contributed by atoms with Gasteiger partial charge in [0.1, 0.15) is 17.5 Å². The van der Waals surface area contributed by atoms with Gasteiger partial charge in [-0.25, -0.2) is 13.8 Å². The number of carbonyl (C=O) groups is 1. The minimum atomic E-state index is -0.825. The number of anilines is 1. The summed E-state index contributed by atoms with van der Waals surface area (Å²) in [5.74, 6) is -2.02. The van der Waals surface area contributed by atoms with Crippen LogP contribution >= 0.6 is 11.8 Å². The molecule has 0 bridgehead atoms. The lowest BCUT2D eigenvalue weighted by Gasteiger charge is -2.24. The van der Waals surface area contributed by atoms with Crippen LogP contribution in [0.5, 0.6) is 0 Å². The van der Waals surface area contributed by atoms with Crippen molar-refractivity contribution in [3.05, 3.63) is 87.2 Å². The fraction of sp³-hybridized carbons (Fsp3) is 0.150. The molecule has 1 unspecified atom stereocenters. The molecule has 1 aromatic heterocycles. The number of fused-ring (bicyclic) bond motifs is 1. The van der Waals surface area contributed by atoms with E-state index >= 15 is 0 Å². The Kier molecular flexibility index (Phi) is 4.95. The van der Waals surface area contributed by atoms with Gasteiger partial charge in [-0.2, -0.15) is 0 Å². The molecule has 3 aromatic rings. The molecule has 2 N–H and O–H groups in total. The lowest BCUT2D eigenvalue weighted by Crippen LogP contribution is -2.31. The van der Waals surface area contributed by atoms with E-state index in [-0.39, 0.29) is 29.3 Å². The Labute approximate surface area is 163 Å². The standard InChI is InChI=1S/C20H15F2N3O2S/c21-12-6-7-13(15(22)8-12)14-9-16(26)23-18-17(14)19(27)25-20(24-18)28-10-11-4-2-1-3-5-11/h1-8,14H,9-10H2,(H2,23,24,25,26,27). The molecule has 4 rings (SSSR count). The Bertz CT molecular complexity index is 1100. The van der Waals surface area contributed by atoms with Gasteiger partial charge >= 0.3 is 0 Å². The van der Waals surface area contributed by atoms with E-state index in [0.717, 1.165) is 17.7 Å². The highest BCUT2D eigenvalue weighted by Gasteiger charge is 2.32. The second-order valence-electron chi connectivity index (χ2n) is 6.38. The highest BCUT2D eigenvalue weighted by atomic mass is 32.2. The van der Waals surface area contributed by atoms with Gasteiger partial charge in [-0.3, -0.25) is 9.59 Å². The minimum absolute atomic E-state index is 0.0921. The van der Waals surface area contributed by atoms with E-state index in [1.165, 1.54) is 17.8 Å². The number of H-pyrrole nitrogens is 1. The first-order valence-corrected chi connectivity index (χ1v) is 9.55. The maximum absolute atomic E-state index is 14.3. The summed E-state index contributed by atoms with van der Waals surface area (Å²) in [4.78, 5) is 31.9. The van der Waals surface area contributed by atoms with Crippen LogP contribution in [0.1, 0.15) is 29.0 Å². The number of nitrogens with one attached hydrogen (secondary N) is 2. The van der Waals surface area contributed by atoms with E-state index in [1.54, 1.807) is 0 Å². The van der Waals surface area contributed by atoms with Gasteiger partial charge in [0.05, 0.1) is 5.56 Å². The molecule has 2 aromatic carbocycles. The van der Waals surface area contributed by atoms with Crippen LogP contribution < -0.4 is 10.9 Å². The monoisotopic (exact) mass is 399 g/mol. The van der Waals surface area contributed by atoms with Gasteiger partial charge in [-0.15, -0.1) is 0 Å². The Morgan fingerprint density at radius 1 is 1.11 bits per heavy atom. The van der Waals surface area contributed by atoms with Gasteiger partial charge < -0.3 is 10.3 Å². The second kappa shape index (κ2) is 7.55. The number of thioether (sulfide) groups is 1. The van der Waals surface area contributed by atoms with Crippen molar-refractivity contribution in [1.29, 1.82) is 0 Å². The number of amides is 1. The number of benzene rings is 2. The molecule has 1 amide bonds. The van der Waals surface area contributed by atoms with Crippen molar-refractivity contribution in [2.24, 2.45) is 0 Å². The molecule has 1 aliphatic rings. The van der Waals surface area contributed by atoms with Gasteiger partial charge in [0.15, 0.2) is 5.16 Å².